The third kappa shape index (κ3) is 5.30. The molecule has 1 unspecified atom stereocenters. The fourth-order valence-corrected chi connectivity index (χ4v) is 2.99. The van der Waals surface area contributed by atoms with E-state index in [1.54, 1.807) is 11.8 Å². The maximum Gasteiger partial charge on any atom is 0.232 e. The molecule has 1 aliphatic heterocycles. The van der Waals surface area contributed by atoms with Gasteiger partial charge in [-0.25, -0.2) is 0 Å². The van der Waals surface area contributed by atoms with Crippen molar-refractivity contribution >= 4 is 17.7 Å². The quantitative estimate of drug-likeness (QED) is 0.840. The van der Waals surface area contributed by atoms with Gasteiger partial charge in [-0.15, -0.1) is 0 Å². The normalized spacial score (nSPS) is 19.2. The van der Waals surface area contributed by atoms with Crippen molar-refractivity contribution < 1.29 is 4.79 Å². The molecular formula is C13H26N2OS. The Morgan fingerprint density at radius 2 is 1.88 bits per heavy atom. The maximum absolute atomic E-state index is 11.9. The number of carbonyl (C=O) groups is 1. The van der Waals surface area contributed by atoms with Crippen molar-refractivity contribution in [2.45, 2.75) is 46.1 Å². The van der Waals surface area contributed by atoms with Gasteiger partial charge in [-0.05, 0) is 24.7 Å². The summed E-state index contributed by atoms with van der Waals surface area (Å²) < 4.78 is 0. The first-order chi connectivity index (χ1) is 7.91. The smallest absolute Gasteiger partial charge is 0.232 e. The van der Waals surface area contributed by atoms with E-state index in [0.717, 1.165) is 31.7 Å². The molecule has 0 saturated carbocycles. The highest BCUT2D eigenvalue weighted by Gasteiger charge is 2.21. The van der Waals surface area contributed by atoms with Gasteiger partial charge in [-0.1, -0.05) is 20.8 Å². The Hall–Kier alpha value is -0.220. The summed E-state index contributed by atoms with van der Waals surface area (Å²) >= 11 is 1.67. The van der Waals surface area contributed by atoms with Crippen LogP contribution in [-0.4, -0.2) is 41.4 Å². The van der Waals surface area contributed by atoms with E-state index < -0.39 is 0 Å². The van der Waals surface area contributed by atoms with Gasteiger partial charge in [0, 0.05) is 24.9 Å². The number of amides is 1. The van der Waals surface area contributed by atoms with Crippen LogP contribution in [0.3, 0.4) is 0 Å². The van der Waals surface area contributed by atoms with Gasteiger partial charge in [0.2, 0.25) is 5.91 Å². The Morgan fingerprint density at radius 3 is 2.41 bits per heavy atom. The number of likely N-dealkylation sites (tertiary alicyclic amines) is 1. The number of nitrogens with zero attached hydrogens (tertiary/aromatic N) is 1. The minimum atomic E-state index is 0.126. The minimum Gasteiger partial charge on any atom is -0.342 e. The van der Waals surface area contributed by atoms with E-state index in [9.17, 15) is 4.79 Å². The molecule has 1 aliphatic rings. The van der Waals surface area contributed by atoms with Gasteiger partial charge in [0.25, 0.3) is 0 Å². The van der Waals surface area contributed by atoms with Crippen LogP contribution < -0.4 is 5.73 Å². The first-order valence-corrected chi connectivity index (χ1v) is 7.68. The van der Waals surface area contributed by atoms with Gasteiger partial charge in [0.15, 0.2) is 0 Å². The molecule has 1 amide bonds. The molecule has 3 nitrogen and oxygen atoms in total. The average molecular weight is 258 g/mol. The number of rotatable bonds is 4. The molecule has 1 atom stereocenters. The summed E-state index contributed by atoms with van der Waals surface area (Å²) in [6.45, 7) is 8.33. The highest BCUT2D eigenvalue weighted by Crippen LogP contribution is 2.21. The molecule has 0 spiro atoms. The number of nitrogens with two attached hydrogens (primary N) is 1. The van der Waals surface area contributed by atoms with Gasteiger partial charge in [0.05, 0.1) is 5.75 Å². The van der Waals surface area contributed by atoms with Crippen LogP contribution >= 0.6 is 11.8 Å². The van der Waals surface area contributed by atoms with Crippen molar-refractivity contribution in [1.82, 2.24) is 4.90 Å². The zero-order chi connectivity index (χ0) is 12.9. The first-order valence-electron chi connectivity index (χ1n) is 6.52. The third-order valence-electron chi connectivity index (χ3n) is 3.34. The van der Waals surface area contributed by atoms with E-state index in [4.69, 9.17) is 5.73 Å². The molecule has 0 bridgehead atoms. The van der Waals surface area contributed by atoms with Crippen LogP contribution in [0.15, 0.2) is 0 Å². The lowest BCUT2D eigenvalue weighted by Gasteiger charge is -2.28. The van der Waals surface area contributed by atoms with Crippen molar-refractivity contribution in [3.05, 3.63) is 0 Å². The lowest BCUT2D eigenvalue weighted by molar-refractivity contribution is -0.129. The second kappa shape index (κ2) is 6.64. The predicted octanol–water partition coefficient (Wildman–Crippen LogP) is 2.11. The Morgan fingerprint density at radius 1 is 1.29 bits per heavy atom. The van der Waals surface area contributed by atoms with E-state index >= 15 is 0 Å². The summed E-state index contributed by atoms with van der Waals surface area (Å²) in [6, 6.07) is 0.154. The van der Waals surface area contributed by atoms with Crippen molar-refractivity contribution in [3.63, 3.8) is 0 Å². The molecule has 17 heavy (non-hydrogen) atoms. The summed E-state index contributed by atoms with van der Waals surface area (Å²) in [4.78, 5) is 13.9. The minimum absolute atomic E-state index is 0.126. The number of hydrogen-bond donors (Lipinski definition) is 1. The zero-order valence-corrected chi connectivity index (χ0v) is 12.2. The molecule has 0 aromatic carbocycles. The maximum atomic E-state index is 11.9. The summed E-state index contributed by atoms with van der Waals surface area (Å²) in [5.74, 6) is 1.74. The van der Waals surface area contributed by atoms with Crippen LogP contribution in [0, 0.1) is 5.41 Å². The van der Waals surface area contributed by atoms with Gasteiger partial charge < -0.3 is 10.6 Å². The molecule has 100 valence electrons. The summed E-state index contributed by atoms with van der Waals surface area (Å²) in [5, 5.41) is 0. The molecule has 1 heterocycles. The third-order valence-corrected chi connectivity index (χ3v) is 4.39. The monoisotopic (exact) mass is 258 g/mol. The van der Waals surface area contributed by atoms with E-state index in [2.05, 4.69) is 20.8 Å². The second-order valence-corrected chi connectivity index (χ2v) is 6.96. The molecular weight excluding hydrogens is 232 g/mol. The van der Waals surface area contributed by atoms with Gasteiger partial charge in [0.1, 0.15) is 0 Å². The standard InChI is InChI=1S/C13H26N2OS/c1-13(2,3)11(14)9-17-10-12(16)15-7-5-4-6-8-15/h11H,4-10,14H2,1-3H3. The molecule has 1 fully saturated rings. The van der Waals surface area contributed by atoms with Crippen molar-refractivity contribution in [2.75, 3.05) is 24.6 Å². The molecule has 0 aromatic rings. The highest BCUT2D eigenvalue weighted by molar-refractivity contribution is 7.99. The van der Waals surface area contributed by atoms with Gasteiger partial charge in [-0.2, -0.15) is 11.8 Å². The largest absolute Gasteiger partial charge is 0.342 e. The summed E-state index contributed by atoms with van der Waals surface area (Å²) in [7, 11) is 0. The Labute approximate surface area is 109 Å². The SMILES string of the molecule is CC(C)(C)C(N)CSCC(=O)N1CCCCC1. The van der Waals surface area contributed by atoms with E-state index in [-0.39, 0.29) is 17.4 Å². The molecule has 0 aliphatic carbocycles. The van der Waals surface area contributed by atoms with Crippen LogP contribution in [0.4, 0.5) is 0 Å². The first kappa shape index (κ1) is 14.8. The van der Waals surface area contributed by atoms with Crippen LogP contribution in [0.1, 0.15) is 40.0 Å². The molecule has 2 N–H and O–H groups in total. The van der Waals surface area contributed by atoms with Crippen molar-refractivity contribution in [3.8, 4) is 0 Å². The van der Waals surface area contributed by atoms with Crippen LogP contribution in [-0.2, 0) is 4.79 Å². The molecule has 4 heteroatoms. The number of piperidine rings is 1. The molecule has 1 saturated heterocycles. The number of hydrogen-bond acceptors (Lipinski definition) is 3. The van der Waals surface area contributed by atoms with Crippen LogP contribution in [0.5, 0.6) is 0 Å². The Bertz CT molecular complexity index is 244. The topological polar surface area (TPSA) is 46.3 Å². The molecule has 0 aromatic heterocycles. The van der Waals surface area contributed by atoms with E-state index in [1.807, 2.05) is 4.90 Å². The Balaban J connectivity index is 2.19. The summed E-state index contributed by atoms with van der Waals surface area (Å²) in [5.41, 5.74) is 6.20. The lowest BCUT2D eigenvalue weighted by Crippen LogP contribution is -2.39. The molecule has 1 rings (SSSR count). The fourth-order valence-electron chi connectivity index (χ4n) is 1.76. The van der Waals surface area contributed by atoms with Gasteiger partial charge in [-0.3, -0.25) is 4.79 Å². The predicted molar refractivity (Wildman–Crippen MR) is 75.2 cm³/mol. The second-order valence-electron chi connectivity index (χ2n) is 5.93. The lowest BCUT2D eigenvalue weighted by atomic mass is 9.89. The number of carbonyl (C=O) groups excluding carboxylic acids is 1. The Kier molecular flexibility index (Phi) is 5.80. The van der Waals surface area contributed by atoms with Gasteiger partial charge >= 0.3 is 0 Å². The highest BCUT2D eigenvalue weighted by atomic mass is 32.2. The van der Waals surface area contributed by atoms with Crippen LogP contribution in [0.2, 0.25) is 0 Å². The van der Waals surface area contributed by atoms with Crippen molar-refractivity contribution in [2.24, 2.45) is 11.1 Å². The number of thioether (sulfide) groups is 1. The van der Waals surface area contributed by atoms with Crippen LogP contribution in [0.25, 0.3) is 0 Å². The average Bonchev–Trinajstić information content (AvgIpc) is 2.28. The zero-order valence-electron chi connectivity index (χ0n) is 11.4. The van der Waals surface area contributed by atoms with Crippen molar-refractivity contribution in [1.29, 1.82) is 0 Å². The van der Waals surface area contributed by atoms with E-state index in [0.29, 0.717) is 5.75 Å². The van der Waals surface area contributed by atoms with E-state index in [1.165, 1.54) is 6.42 Å². The fraction of sp³-hybridized carbons (Fsp3) is 0.923. The summed E-state index contributed by atoms with van der Waals surface area (Å²) in [6.07, 6.45) is 3.60. The molecule has 0 radical (unpaired) electrons.